The summed E-state index contributed by atoms with van der Waals surface area (Å²) < 4.78 is 37.9. The lowest BCUT2D eigenvalue weighted by Crippen LogP contribution is -2.28. The van der Waals surface area contributed by atoms with Crippen LogP contribution in [-0.2, 0) is 14.8 Å². The number of ether oxygens (including phenoxy) is 2. The molecule has 0 N–H and O–H groups in total. The van der Waals surface area contributed by atoms with Crippen molar-refractivity contribution in [2.75, 3.05) is 26.8 Å². The number of methoxy groups -OCH3 is 1. The minimum Gasteiger partial charge on any atom is -0.495 e. The number of rotatable bonds is 6. The highest BCUT2D eigenvalue weighted by atomic mass is 32.2. The molecule has 0 bridgehead atoms. The smallest absolute Gasteiger partial charge is 0.338 e. The molecule has 7 heteroatoms. The predicted molar refractivity (Wildman–Crippen MR) is 97.8 cm³/mol. The standard InChI is InChI=1S/C19H27NO5S/c1-24-17-10-9-16(19(21)25-14-15-7-3-2-4-8-15)13-18(17)26(22,23)20-11-5-6-12-20/h9-10,13,15H,2-8,11-12,14H2,1H3. The van der Waals surface area contributed by atoms with Gasteiger partial charge in [-0.05, 0) is 49.8 Å². The third kappa shape index (κ3) is 4.20. The molecule has 2 fully saturated rings. The average Bonchev–Trinajstić information content (AvgIpc) is 3.22. The number of esters is 1. The van der Waals surface area contributed by atoms with Crippen LogP contribution in [0.1, 0.15) is 55.3 Å². The first-order valence-corrected chi connectivity index (χ1v) is 10.8. The topological polar surface area (TPSA) is 72.9 Å². The van der Waals surface area contributed by atoms with Gasteiger partial charge in [0, 0.05) is 13.1 Å². The molecule has 1 saturated heterocycles. The highest BCUT2D eigenvalue weighted by Crippen LogP contribution is 2.30. The maximum atomic E-state index is 12.9. The summed E-state index contributed by atoms with van der Waals surface area (Å²) in [5, 5.41) is 0. The van der Waals surface area contributed by atoms with Crippen molar-refractivity contribution in [3.63, 3.8) is 0 Å². The van der Waals surface area contributed by atoms with Crippen molar-refractivity contribution >= 4 is 16.0 Å². The van der Waals surface area contributed by atoms with Crippen molar-refractivity contribution in [1.29, 1.82) is 0 Å². The molecule has 1 aliphatic heterocycles. The highest BCUT2D eigenvalue weighted by molar-refractivity contribution is 7.89. The maximum Gasteiger partial charge on any atom is 0.338 e. The summed E-state index contributed by atoms with van der Waals surface area (Å²) in [5.74, 6) is 0.190. The number of hydrogen-bond donors (Lipinski definition) is 0. The molecule has 3 rings (SSSR count). The molecule has 0 spiro atoms. The summed E-state index contributed by atoms with van der Waals surface area (Å²) in [6.45, 7) is 1.41. The second kappa shape index (κ2) is 8.39. The van der Waals surface area contributed by atoms with E-state index in [1.807, 2.05) is 0 Å². The van der Waals surface area contributed by atoms with Crippen LogP contribution in [0.25, 0.3) is 0 Å². The molecule has 0 amide bonds. The van der Waals surface area contributed by atoms with Gasteiger partial charge in [0.15, 0.2) is 0 Å². The quantitative estimate of drug-likeness (QED) is 0.708. The second-order valence-electron chi connectivity index (χ2n) is 7.08. The van der Waals surface area contributed by atoms with Gasteiger partial charge in [-0.15, -0.1) is 0 Å². The Bertz CT molecular complexity index is 734. The second-order valence-corrected chi connectivity index (χ2v) is 8.99. The van der Waals surface area contributed by atoms with E-state index in [0.29, 0.717) is 25.6 Å². The molecule has 1 aromatic carbocycles. The summed E-state index contributed by atoms with van der Waals surface area (Å²) in [7, 11) is -2.24. The van der Waals surface area contributed by atoms with E-state index in [9.17, 15) is 13.2 Å². The van der Waals surface area contributed by atoms with Crippen molar-refractivity contribution in [3.05, 3.63) is 23.8 Å². The fraction of sp³-hybridized carbons (Fsp3) is 0.632. The van der Waals surface area contributed by atoms with Gasteiger partial charge >= 0.3 is 5.97 Å². The molecule has 0 radical (unpaired) electrons. The number of carbonyl (C=O) groups excluding carboxylic acids is 1. The predicted octanol–water partition coefficient (Wildman–Crippen LogP) is 3.22. The van der Waals surface area contributed by atoms with Crippen molar-refractivity contribution in [2.24, 2.45) is 5.92 Å². The molecule has 0 atom stereocenters. The van der Waals surface area contributed by atoms with Gasteiger partial charge in [-0.3, -0.25) is 0 Å². The summed E-state index contributed by atoms with van der Waals surface area (Å²) >= 11 is 0. The van der Waals surface area contributed by atoms with Gasteiger partial charge in [0.1, 0.15) is 10.6 Å². The Labute approximate surface area is 155 Å². The van der Waals surface area contributed by atoms with Gasteiger partial charge in [0.05, 0.1) is 19.3 Å². The Kier molecular flexibility index (Phi) is 6.19. The molecular weight excluding hydrogens is 354 g/mol. The van der Waals surface area contributed by atoms with Crippen molar-refractivity contribution in [1.82, 2.24) is 4.31 Å². The van der Waals surface area contributed by atoms with Crippen LogP contribution in [0.5, 0.6) is 5.75 Å². The molecule has 0 aromatic heterocycles. The van der Waals surface area contributed by atoms with Gasteiger partial charge in [-0.1, -0.05) is 19.3 Å². The molecule has 1 aromatic rings. The molecule has 144 valence electrons. The molecule has 26 heavy (non-hydrogen) atoms. The van der Waals surface area contributed by atoms with Crippen LogP contribution >= 0.6 is 0 Å². The minimum atomic E-state index is -3.67. The molecule has 1 heterocycles. The van der Waals surface area contributed by atoms with Gasteiger partial charge in [-0.25, -0.2) is 13.2 Å². The SMILES string of the molecule is COc1ccc(C(=O)OCC2CCCCC2)cc1S(=O)(=O)N1CCCC1. The van der Waals surface area contributed by atoms with Gasteiger partial charge < -0.3 is 9.47 Å². The lowest BCUT2D eigenvalue weighted by atomic mass is 9.90. The lowest BCUT2D eigenvalue weighted by molar-refractivity contribution is 0.0410. The van der Waals surface area contributed by atoms with E-state index >= 15 is 0 Å². The van der Waals surface area contributed by atoms with Crippen LogP contribution in [0.3, 0.4) is 0 Å². The van der Waals surface area contributed by atoms with Crippen LogP contribution in [0, 0.1) is 5.92 Å². The van der Waals surface area contributed by atoms with E-state index in [4.69, 9.17) is 9.47 Å². The Morgan fingerprint density at radius 3 is 2.46 bits per heavy atom. The Morgan fingerprint density at radius 2 is 1.81 bits per heavy atom. The van der Waals surface area contributed by atoms with Gasteiger partial charge in [0.2, 0.25) is 10.0 Å². The van der Waals surface area contributed by atoms with E-state index in [1.165, 1.54) is 42.8 Å². The van der Waals surface area contributed by atoms with E-state index in [0.717, 1.165) is 25.7 Å². The summed E-state index contributed by atoms with van der Waals surface area (Å²) in [6.07, 6.45) is 7.50. The average molecular weight is 381 g/mol. The monoisotopic (exact) mass is 381 g/mol. The largest absolute Gasteiger partial charge is 0.495 e. The zero-order chi connectivity index (χ0) is 18.6. The van der Waals surface area contributed by atoms with Crippen molar-refractivity contribution in [3.8, 4) is 5.75 Å². The number of benzene rings is 1. The first-order valence-electron chi connectivity index (χ1n) is 9.37. The van der Waals surface area contributed by atoms with E-state index < -0.39 is 16.0 Å². The Hall–Kier alpha value is -1.60. The van der Waals surface area contributed by atoms with Crippen LogP contribution in [0.15, 0.2) is 23.1 Å². The molecule has 2 aliphatic rings. The number of sulfonamides is 1. The highest BCUT2D eigenvalue weighted by Gasteiger charge is 2.31. The number of carbonyl (C=O) groups is 1. The molecule has 0 unspecified atom stereocenters. The summed E-state index contributed by atoms with van der Waals surface area (Å²) in [6, 6.07) is 4.47. The van der Waals surface area contributed by atoms with E-state index in [1.54, 1.807) is 6.07 Å². The third-order valence-electron chi connectivity index (χ3n) is 5.26. The Balaban J connectivity index is 1.77. The third-order valence-corrected chi connectivity index (χ3v) is 7.18. The fourth-order valence-corrected chi connectivity index (χ4v) is 5.40. The number of nitrogens with zero attached hydrogens (tertiary/aromatic N) is 1. The van der Waals surface area contributed by atoms with Crippen molar-refractivity contribution in [2.45, 2.75) is 49.8 Å². The number of hydrogen-bond acceptors (Lipinski definition) is 5. The van der Waals surface area contributed by atoms with Gasteiger partial charge in [0.25, 0.3) is 0 Å². The first-order chi connectivity index (χ1) is 12.5. The molecule has 1 saturated carbocycles. The molecular formula is C19H27NO5S. The normalized spacial score (nSPS) is 19.4. The van der Waals surface area contributed by atoms with E-state index in [2.05, 4.69) is 0 Å². The van der Waals surface area contributed by atoms with Gasteiger partial charge in [-0.2, -0.15) is 4.31 Å². The lowest BCUT2D eigenvalue weighted by Gasteiger charge is -2.21. The molecule has 1 aliphatic carbocycles. The van der Waals surface area contributed by atoms with E-state index in [-0.39, 0.29) is 16.2 Å². The van der Waals surface area contributed by atoms with Crippen LogP contribution in [-0.4, -0.2) is 45.5 Å². The fourth-order valence-electron chi connectivity index (χ4n) is 3.70. The zero-order valence-electron chi connectivity index (χ0n) is 15.3. The zero-order valence-corrected chi connectivity index (χ0v) is 16.1. The van der Waals surface area contributed by atoms with Crippen LogP contribution < -0.4 is 4.74 Å². The van der Waals surface area contributed by atoms with Crippen molar-refractivity contribution < 1.29 is 22.7 Å². The van der Waals surface area contributed by atoms with Crippen LogP contribution in [0.2, 0.25) is 0 Å². The Morgan fingerprint density at radius 1 is 1.12 bits per heavy atom. The summed E-state index contributed by atoms with van der Waals surface area (Å²) in [4.78, 5) is 12.5. The minimum absolute atomic E-state index is 0.0361. The van der Waals surface area contributed by atoms with Crippen LogP contribution in [0.4, 0.5) is 0 Å². The summed E-state index contributed by atoms with van der Waals surface area (Å²) in [5.41, 5.74) is 0.249. The molecule has 6 nitrogen and oxygen atoms in total. The first kappa shape index (κ1) is 19.2. The maximum absolute atomic E-state index is 12.9.